The third-order valence-corrected chi connectivity index (χ3v) is 14.9. The first kappa shape index (κ1) is 41.8. The third kappa shape index (κ3) is 6.40. The number of rotatable bonds is 5. The number of aryl methyl sites for hydroxylation is 1. The van der Waals surface area contributed by atoms with Gasteiger partial charge in [0.2, 0.25) is 0 Å². The number of allylic oxidation sites excluding steroid dienone is 1. The molecule has 2 aromatic carbocycles. The third-order valence-electron chi connectivity index (χ3n) is 14.9. The highest BCUT2D eigenvalue weighted by Gasteiger charge is 2.57. The molecule has 0 amide bonds. The maximum absolute atomic E-state index is 14.2. The van der Waals surface area contributed by atoms with E-state index in [-0.39, 0.29) is 63.7 Å². The van der Waals surface area contributed by atoms with E-state index >= 15 is 0 Å². The fourth-order valence-corrected chi connectivity index (χ4v) is 11.8. The Balaban J connectivity index is 1.35. The molecule has 14 heteroatoms. The number of pyridine rings is 2. The van der Waals surface area contributed by atoms with Gasteiger partial charge in [0.15, 0.2) is 5.43 Å². The number of esters is 1. The van der Waals surface area contributed by atoms with Crippen LogP contribution in [0.25, 0.3) is 17.0 Å². The molecule has 14 nitrogen and oxygen atoms in total. The molecule has 0 spiro atoms. The number of aromatic nitrogens is 2. The van der Waals surface area contributed by atoms with Crippen molar-refractivity contribution in [2.45, 2.75) is 101 Å². The second kappa shape index (κ2) is 15.8. The van der Waals surface area contributed by atoms with Crippen molar-refractivity contribution in [3.8, 4) is 17.2 Å². The largest absolute Gasteiger partial charge is 0.508 e. The van der Waals surface area contributed by atoms with Crippen LogP contribution in [0, 0.1) is 11.8 Å². The predicted octanol–water partition coefficient (Wildman–Crippen LogP) is 5.81. The van der Waals surface area contributed by atoms with Crippen molar-refractivity contribution < 1.29 is 44.2 Å². The first-order valence-electron chi connectivity index (χ1n) is 22.1. The van der Waals surface area contributed by atoms with Crippen molar-refractivity contribution in [2.75, 3.05) is 24.3 Å². The molecule has 0 radical (unpaired) electrons. The minimum absolute atomic E-state index is 0.00514. The maximum Gasteiger partial charge on any atom is 0.336 e. The fraction of sp³-hybridized carbons (Fsp3) is 0.400. The second-order valence-corrected chi connectivity index (χ2v) is 18.2. The zero-order valence-electron chi connectivity index (χ0n) is 35.9. The van der Waals surface area contributed by atoms with Crippen LogP contribution >= 0.6 is 0 Å². The molecule has 0 fully saturated rings. The normalized spacial score (nSPS) is 26.6. The van der Waals surface area contributed by atoms with Crippen LogP contribution in [0.3, 0.4) is 0 Å². The monoisotopic (exact) mass is 868 g/mol. The van der Waals surface area contributed by atoms with Gasteiger partial charge in [-0.15, -0.1) is 0 Å². The van der Waals surface area contributed by atoms with Crippen molar-refractivity contribution in [1.82, 2.24) is 9.97 Å². The number of nitrogens with zero attached hydrogens (tertiary/aromatic N) is 2. The average Bonchev–Trinajstić information content (AvgIpc) is 3.45. The number of carbonyl (C=O) groups is 1. The number of benzene rings is 2. The summed E-state index contributed by atoms with van der Waals surface area (Å²) < 4.78 is 20.5. The zero-order valence-corrected chi connectivity index (χ0v) is 35.9. The standard InChI is InChI=1S/C50H52N4O10/c1-4-24(20-55)49(61)63-39-18-35-44(60)42-38(59)17-28(21-56)62-46(42)43-40-33-13-14-52-47(51)41(33)31(10-7-25-6-8-27(58)16-34(25)36(40)22-57)30-12-11-29-26(15-37(30)50(39,3)64-45(35)43)19-53-48-32(29)9-5-23(2)54-48/h4-6,8-9,13-14,16-17,19,23,30-31,36-37,39-40,55-58,60H,7,10-12,15,18,20-22H2,1-3H3,(H2,51,52)(H,53,54). The van der Waals surface area contributed by atoms with Crippen LogP contribution in [-0.2, 0) is 41.8 Å². The number of hydrogen-bond donors (Lipinski definition) is 7. The van der Waals surface area contributed by atoms with Gasteiger partial charge in [-0.1, -0.05) is 24.3 Å². The molecule has 3 aliphatic heterocycles. The predicted molar refractivity (Wildman–Crippen MR) is 238 cm³/mol. The number of carbonyl (C=O) groups excluding carboxylic acids is 1. The van der Waals surface area contributed by atoms with Gasteiger partial charge in [-0.25, -0.2) is 14.8 Å². The highest BCUT2D eigenvalue weighted by Crippen LogP contribution is 2.60. The highest BCUT2D eigenvalue weighted by atomic mass is 16.6. The smallest absolute Gasteiger partial charge is 0.336 e. The number of phenols is 2. The molecule has 0 saturated carbocycles. The van der Waals surface area contributed by atoms with E-state index in [4.69, 9.17) is 29.6 Å². The SMILES string of the molecule is CC=C(CO)C(=O)OC1Cc2c3c(c4oc(CO)cc(=O)c4c2O)C2c4ccnc(N)c4C(CCc4ccc(O)cc4C2CO)C2CCc4c(cnc5c4C=CC(C)N5)CC2C1(C)O3. The molecule has 3 aromatic heterocycles. The van der Waals surface area contributed by atoms with Gasteiger partial charge in [0.25, 0.3) is 0 Å². The molecule has 64 heavy (non-hydrogen) atoms. The quantitative estimate of drug-likeness (QED) is 0.0817. The molecule has 5 aliphatic rings. The summed E-state index contributed by atoms with van der Waals surface area (Å²) in [5.74, 6) is -2.62. The minimum atomic E-state index is -1.38. The number of anilines is 2. The Morgan fingerprint density at radius 3 is 2.62 bits per heavy atom. The number of aliphatic hydroxyl groups is 3. The number of nitrogens with one attached hydrogen (secondary N) is 1. The van der Waals surface area contributed by atoms with E-state index in [9.17, 15) is 35.1 Å². The van der Waals surface area contributed by atoms with Crippen molar-refractivity contribution >= 4 is 34.7 Å². The van der Waals surface area contributed by atoms with E-state index in [0.29, 0.717) is 54.6 Å². The van der Waals surface area contributed by atoms with E-state index in [2.05, 4.69) is 24.4 Å². The molecule has 4 bridgehead atoms. The minimum Gasteiger partial charge on any atom is -0.508 e. The molecule has 2 aliphatic carbocycles. The van der Waals surface area contributed by atoms with Crippen LogP contribution in [0.1, 0.15) is 107 Å². The Morgan fingerprint density at radius 2 is 1.86 bits per heavy atom. The number of aliphatic hydroxyl groups excluding tert-OH is 3. The fourth-order valence-electron chi connectivity index (χ4n) is 11.8. The summed E-state index contributed by atoms with van der Waals surface area (Å²) in [5.41, 5.74) is 11.9. The van der Waals surface area contributed by atoms with Crippen LogP contribution in [0.5, 0.6) is 17.2 Å². The molecule has 10 rings (SSSR count). The number of hydrogen-bond acceptors (Lipinski definition) is 14. The molecule has 8 atom stereocenters. The first-order chi connectivity index (χ1) is 30.9. The zero-order chi connectivity index (χ0) is 44.8. The van der Waals surface area contributed by atoms with Crippen molar-refractivity contribution in [1.29, 1.82) is 0 Å². The summed E-state index contributed by atoms with van der Waals surface area (Å²) in [4.78, 5) is 38.0. The van der Waals surface area contributed by atoms with E-state index < -0.39 is 66.4 Å². The molecular formula is C50H52N4O10. The van der Waals surface area contributed by atoms with Crippen molar-refractivity contribution in [3.63, 3.8) is 0 Å². The van der Waals surface area contributed by atoms with Gasteiger partial charge in [-0.05, 0) is 111 Å². The molecule has 0 saturated heterocycles. The number of phenolic OH excluding ortho intramolecular Hbond substituents is 2. The number of nitrogen functional groups attached to an aromatic ring is 1. The number of ether oxygens (including phenoxy) is 2. The Bertz CT molecular complexity index is 2870. The van der Waals surface area contributed by atoms with Crippen LogP contribution < -0.4 is 21.2 Å². The number of aromatic hydroxyl groups is 2. The molecule has 332 valence electrons. The van der Waals surface area contributed by atoms with Gasteiger partial charge in [0.05, 0.1) is 18.8 Å². The molecule has 5 aromatic rings. The average molecular weight is 869 g/mol. The van der Waals surface area contributed by atoms with Gasteiger partial charge in [-0.3, -0.25) is 4.79 Å². The van der Waals surface area contributed by atoms with E-state index in [1.165, 1.54) is 6.08 Å². The van der Waals surface area contributed by atoms with Crippen LogP contribution in [-0.4, -0.2) is 72.4 Å². The van der Waals surface area contributed by atoms with Crippen molar-refractivity contribution in [3.05, 3.63) is 127 Å². The van der Waals surface area contributed by atoms with Crippen LogP contribution in [0.4, 0.5) is 11.6 Å². The first-order valence-corrected chi connectivity index (χ1v) is 22.1. The van der Waals surface area contributed by atoms with Gasteiger partial charge < -0.3 is 50.5 Å². The lowest BCUT2D eigenvalue weighted by Gasteiger charge is -2.51. The number of fused-ring (bicyclic) bond motifs is 11. The van der Waals surface area contributed by atoms with Crippen LogP contribution in [0.2, 0.25) is 0 Å². The Morgan fingerprint density at radius 1 is 1.03 bits per heavy atom. The van der Waals surface area contributed by atoms with Crippen molar-refractivity contribution in [2.24, 2.45) is 11.8 Å². The lowest BCUT2D eigenvalue weighted by molar-refractivity contribution is -0.169. The Labute approximate surface area is 369 Å². The summed E-state index contributed by atoms with van der Waals surface area (Å²) >= 11 is 0. The lowest BCUT2D eigenvalue weighted by Crippen LogP contribution is -2.59. The molecule has 8 unspecified atom stereocenters. The van der Waals surface area contributed by atoms with E-state index in [1.807, 2.05) is 25.3 Å². The van der Waals surface area contributed by atoms with Gasteiger partial charge in [0.1, 0.15) is 63.9 Å². The Hall–Kier alpha value is -6.22. The summed E-state index contributed by atoms with van der Waals surface area (Å²) in [6.45, 7) is 4.03. The highest BCUT2D eigenvalue weighted by molar-refractivity contribution is 5.92. The lowest BCUT2D eigenvalue weighted by atomic mass is 9.62. The summed E-state index contributed by atoms with van der Waals surface area (Å²) in [7, 11) is 0. The van der Waals surface area contributed by atoms with E-state index in [0.717, 1.165) is 39.7 Å². The Kier molecular flexibility index (Phi) is 10.3. The van der Waals surface area contributed by atoms with Gasteiger partial charge in [-0.2, -0.15) is 0 Å². The molecular weight excluding hydrogens is 817 g/mol. The second-order valence-electron chi connectivity index (χ2n) is 18.2. The maximum atomic E-state index is 14.2. The van der Waals surface area contributed by atoms with E-state index in [1.54, 1.807) is 25.3 Å². The van der Waals surface area contributed by atoms with Crippen LogP contribution in [0.15, 0.2) is 69.7 Å². The van der Waals surface area contributed by atoms with Gasteiger partial charge in [0, 0.05) is 70.9 Å². The number of nitrogens with two attached hydrogens (primary N) is 1. The summed E-state index contributed by atoms with van der Waals surface area (Å²) in [6.07, 6.45) is 11.0. The van der Waals surface area contributed by atoms with Gasteiger partial charge >= 0.3 is 5.97 Å². The summed E-state index contributed by atoms with van der Waals surface area (Å²) in [6, 6.07) is 8.31. The topological polar surface area (TPSA) is 231 Å². The molecule has 8 N–H and O–H groups in total. The summed E-state index contributed by atoms with van der Waals surface area (Å²) in [5, 5.41) is 59.3. The molecule has 6 heterocycles.